The molecule has 3 aromatic carbocycles. The number of nitro benzene ring substituents is 1. The van der Waals surface area contributed by atoms with Crippen LogP contribution in [0.15, 0.2) is 60.7 Å². The lowest BCUT2D eigenvalue weighted by molar-refractivity contribution is -0.384. The number of carboxylic acids is 1. The first-order valence-electron chi connectivity index (χ1n) is 8.73. The Labute approximate surface area is 165 Å². The first-order valence-corrected chi connectivity index (χ1v) is 8.73. The van der Waals surface area contributed by atoms with E-state index < -0.39 is 10.9 Å². The number of fused-ring (bicyclic) bond motifs is 2. The molecule has 0 bridgehead atoms. The Morgan fingerprint density at radius 3 is 2.48 bits per heavy atom. The lowest BCUT2D eigenvalue weighted by atomic mass is 10.0. The molecule has 0 saturated heterocycles. The number of carboxylic acid groups (broad SMARTS) is 1. The average Bonchev–Trinajstić information content (AvgIpc) is 2.82. The smallest absolute Gasteiger partial charge is 0.307 e. The zero-order chi connectivity index (χ0) is 20.5. The number of non-ortho nitro benzene ring substituents is 1. The van der Waals surface area contributed by atoms with E-state index in [2.05, 4.69) is 10.6 Å². The van der Waals surface area contributed by atoms with E-state index in [4.69, 9.17) is 5.11 Å². The lowest BCUT2D eigenvalue weighted by Crippen LogP contribution is -2.11. The molecule has 3 aromatic rings. The van der Waals surface area contributed by atoms with Crippen LogP contribution in [0.1, 0.15) is 15.9 Å². The van der Waals surface area contributed by atoms with E-state index in [0.29, 0.717) is 33.8 Å². The Morgan fingerprint density at radius 2 is 1.72 bits per heavy atom. The highest BCUT2D eigenvalue weighted by Gasteiger charge is 2.20. The first-order chi connectivity index (χ1) is 13.9. The van der Waals surface area contributed by atoms with Crippen molar-refractivity contribution < 1.29 is 19.6 Å². The van der Waals surface area contributed by atoms with Gasteiger partial charge >= 0.3 is 5.97 Å². The summed E-state index contributed by atoms with van der Waals surface area (Å²) in [6, 6.07) is 16.4. The largest absolute Gasteiger partial charge is 0.481 e. The quantitative estimate of drug-likeness (QED) is 0.454. The van der Waals surface area contributed by atoms with Crippen molar-refractivity contribution in [3.63, 3.8) is 0 Å². The van der Waals surface area contributed by atoms with Gasteiger partial charge in [-0.2, -0.15) is 0 Å². The first kappa shape index (κ1) is 18.2. The molecule has 1 amide bonds. The van der Waals surface area contributed by atoms with Crippen LogP contribution < -0.4 is 10.6 Å². The van der Waals surface area contributed by atoms with Gasteiger partial charge in [-0.3, -0.25) is 19.7 Å². The molecule has 0 unspecified atom stereocenters. The number of carbonyl (C=O) groups is 2. The normalized spacial score (nSPS) is 12.1. The monoisotopic (exact) mass is 389 g/mol. The van der Waals surface area contributed by atoms with Crippen molar-refractivity contribution >= 4 is 34.6 Å². The Morgan fingerprint density at radius 1 is 0.931 bits per heavy atom. The molecule has 4 rings (SSSR count). The fraction of sp³-hybridized carbons (Fsp3) is 0.0476. The molecule has 0 saturated carbocycles. The summed E-state index contributed by atoms with van der Waals surface area (Å²) in [7, 11) is 0. The molecule has 8 heteroatoms. The molecular formula is C21H15N3O5. The molecule has 0 aliphatic carbocycles. The number of nitrogens with zero attached hydrogens (tertiary/aromatic N) is 1. The second-order valence-electron chi connectivity index (χ2n) is 6.60. The number of aliphatic carboxylic acids is 1. The number of hydrogen-bond donors (Lipinski definition) is 3. The number of anilines is 3. The SMILES string of the molecule is O=C(O)Cc1ccc2c(c1)NC(=O)c1ccc(-c3cccc([N+](=O)[O-])c3)cc1N2. The zero-order valence-corrected chi connectivity index (χ0v) is 15.0. The van der Waals surface area contributed by atoms with E-state index in [9.17, 15) is 19.7 Å². The van der Waals surface area contributed by atoms with Gasteiger partial charge in [0.25, 0.3) is 11.6 Å². The van der Waals surface area contributed by atoms with E-state index in [0.717, 1.165) is 5.56 Å². The molecule has 0 fully saturated rings. The molecule has 8 nitrogen and oxygen atoms in total. The molecular weight excluding hydrogens is 374 g/mol. The van der Waals surface area contributed by atoms with Gasteiger partial charge in [0.1, 0.15) is 0 Å². The lowest BCUT2D eigenvalue weighted by Gasteiger charge is -2.11. The van der Waals surface area contributed by atoms with Gasteiger partial charge in [0, 0.05) is 12.1 Å². The maximum Gasteiger partial charge on any atom is 0.307 e. The van der Waals surface area contributed by atoms with Crippen LogP contribution in [-0.2, 0) is 11.2 Å². The van der Waals surface area contributed by atoms with Gasteiger partial charge in [0.15, 0.2) is 0 Å². The predicted molar refractivity (Wildman–Crippen MR) is 108 cm³/mol. The van der Waals surface area contributed by atoms with E-state index in [1.807, 2.05) is 0 Å². The summed E-state index contributed by atoms with van der Waals surface area (Å²) in [5, 5.41) is 26.0. The van der Waals surface area contributed by atoms with Crippen molar-refractivity contribution in [2.75, 3.05) is 10.6 Å². The summed E-state index contributed by atoms with van der Waals surface area (Å²) in [4.78, 5) is 34.2. The topological polar surface area (TPSA) is 122 Å². The Kier molecular flexibility index (Phi) is 4.44. The van der Waals surface area contributed by atoms with Crippen LogP contribution in [0, 0.1) is 10.1 Å². The number of carbonyl (C=O) groups excluding carboxylic acids is 1. The second kappa shape index (κ2) is 7.08. The average molecular weight is 389 g/mol. The van der Waals surface area contributed by atoms with Gasteiger partial charge in [0.2, 0.25) is 0 Å². The van der Waals surface area contributed by atoms with Gasteiger partial charge in [-0.1, -0.05) is 24.3 Å². The van der Waals surface area contributed by atoms with Gasteiger partial charge in [0.05, 0.1) is 34.0 Å². The van der Waals surface area contributed by atoms with Crippen LogP contribution >= 0.6 is 0 Å². The fourth-order valence-corrected chi connectivity index (χ4v) is 3.25. The highest BCUT2D eigenvalue weighted by Crippen LogP contribution is 2.35. The minimum atomic E-state index is -0.956. The molecule has 0 radical (unpaired) electrons. The number of benzene rings is 3. The van der Waals surface area contributed by atoms with Crippen molar-refractivity contribution in [3.8, 4) is 11.1 Å². The standard InChI is InChI=1S/C21H15N3O5/c25-20(26)9-12-4-7-17-19(8-12)23-21(27)16-6-5-14(11-18(16)22-17)13-2-1-3-15(10-13)24(28)29/h1-8,10-11,22H,9H2,(H,23,27)(H,25,26). The van der Waals surface area contributed by atoms with Gasteiger partial charge in [-0.25, -0.2) is 0 Å². The van der Waals surface area contributed by atoms with Gasteiger partial charge < -0.3 is 15.7 Å². The predicted octanol–water partition coefficient (Wildman–Crippen LogP) is 4.20. The van der Waals surface area contributed by atoms with Crippen LogP contribution in [0.5, 0.6) is 0 Å². The summed E-state index contributed by atoms with van der Waals surface area (Å²) >= 11 is 0. The number of nitro groups is 1. The van der Waals surface area contributed by atoms with Crippen molar-refractivity contribution in [2.45, 2.75) is 6.42 Å². The summed E-state index contributed by atoms with van der Waals surface area (Å²) in [6.45, 7) is 0. The van der Waals surface area contributed by atoms with Crippen LogP contribution in [0.4, 0.5) is 22.7 Å². The third-order valence-electron chi connectivity index (χ3n) is 4.61. The fourth-order valence-electron chi connectivity index (χ4n) is 3.25. The summed E-state index contributed by atoms with van der Waals surface area (Å²) in [5.74, 6) is -1.29. The highest BCUT2D eigenvalue weighted by atomic mass is 16.6. The molecule has 1 aliphatic rings. The second-order valence-corrected chi connectivity index (χ2v) is 6.60. The van der Waals surface area contributed by atoms with Crippen molar-refractivity contribution in [1.82, 2.24) is 0 Å². The molecule has 29 heavy (non-hydrogen) atoms. The highest BCUT2D eigenvalue weighted by molar-refractivity contribution is 6.12. The summed E-state index contributed by atoms with van der Waals surface area (Å²) in [5.41, 5.74) is 4.01. The minimum absolute atomic E-state index is 0.0144. The van der Waals surface area contributed by atoms with Crippen LogP contribution in [-0.4, -0.2) is 21.9 Å². The van der Waals surface area contributed by atoms with Crippen molar-refractivity contribution in [3.05, 3.63) is 81.9 Å². The zero-order valence-electron chi connectivity index (χ0n) is 15.0. The molecule has 3 N–H and O–H groups in total. The third kappa shape index (κ3) is 3.63. The van der Waals surface area contributed by atoms with Crippen LogP contribution in [0.25, 0.3) is 11.1 Å². The maximum absolute atomic E-state index is 12.6. The van der Waals surface area contributed by atoms with Crippen LogP contribution in [0.3, 0.4) is 0 Å². The Balaban J connectivity index is 1.73. The number of rotatable bonds is 4. The molecule has 0 aromatic heterocycles. The number of hydrogen-bond acceptors (Lipinski definition) is 5. The Hall–Kier alpha value is -4.20. The summed E-state index contributed by atoms with van der Waals surface area (Å²) < 4.78 is 0. The van der Waals surface area contributed by atoms with Gasteiger partial charge in [-0.05, 0) is 41.0 Å². The Bertz CT molecular complexity index is 1170. The molecule has 1 aliphatic heterocycles. The van der Waals surface area contributed by atoms with Crippen molar-refractivity contribution in [2.24, 2.45) is 0 Å². The van der Waals surface area contributed by atoms with E-state index in [1.54, 1.807) is 48.5 Å². The van der Waals surface area contributed by atoms with Crippen molar-refractivity contribution in [1.29, 1.82) is 0 Å². The number of nitrogens with one attached hydrogen (secondary N) is 2. The molecule has 0 atom stereocenters. The van der Waals surface area contributed by atoms with E-state index >= 15 is 0 Å². The van der Waals surface area contributed by atoms with E-state index in [-0.39, 0.29) is 18.0 Å². The molecule has 1 heterocycles. The molecule has 0 spiro atoms. The third-order valence-corrected chi connectivity index (χ3v) is 4.61. The van der Waals surface area contributed by atoms with E-state index in [1.165, 1.54) is 12.1 Å². The molecule has 144 valence electrons. The van der Waals surface area contributed by atoms with Crippen LogP contribution in [0.2, 0.25) is 0 Å². The maximum atomic E-state index is 12.6. The minimum Gasteiger partial charge on any atom is -0.481 e. The summed E-state index contributed by atoms with van der Waals surface area (Å²) in [6.07, 6.45) is -0.146. The van der Waals surface area contributed by atoms with Gasteiger partial charge in [-0.15, -0.1) is 0 Å². The number of amides is 1.